The van der Waals surface area contributed by atoms with E-state index in [1.807, 2.05) is 0 Å². The third-order valence-electron chi connectivity index (χ3n) is 2.01. The maximum absolute atomic E-state index is 13.5. The summed E-state index contributed by atoms with van der Waals surface area (Å²) in [6.45, 7) is 1.28. The Morgan fingerprint density at radius 2 is 2.17 bits per heavy atom. The van der Waals surface area contributed by atoms with Gasteiger partial charge in [0, 0.05) is 6.07 Å². The number of nitro groups is 1. The molecule has 1 aromatic carbocycles. The van der Waals surface area contributed by atoms with Crippen molar-refractivity contribution in [2.45, 2.75) is 13.0 Å². The maximum atomic E-state index is 13.5. The smallest absolute Gasteiger partial charge is 0.346 e. The number of rotatable bonds is 4. The average Bonchev–Trinajstić information content (AvgIpc) is 2.30. The zero-order valence-electron chi connectivity index (χ0n) is 9.48. The minimum atomic E-state index is -1.18. The van der Waals surface area contributed by atoms with E-state index in [-0.39, 0.29) is 5.02 Å². The van der Waals surface area contributed by atoms with Crippen molar-refractivity contribution in [2.75, 3.05) is 7.11 Å². The number of methoxy groups -OCH3 is 1. The second-order valence-electron chi connectivity index (χ2n) is 3.28. The Balaban J connectivity index is 3.15. The van der Waals surface area contributed by atoms with Crippen LogP contribution in [0.3, 0.4) is 0 Å². The third kappa shape index (κ3) is 3.07. The zero-order chi connectivity index (χ0) is 13.9. The normalized spacial score (nSPS) is 11.8. The standard InChI is InChI=1S/C10H9ClFNO5/c1-5(10(14)17-2)18-9-7(12)3-6(11)4-8(9)13(15)16/h3-5H,1-2H3/t5-/m1/s1. The fourth-order valence-electron chi connectivity index (χ4n) is 1.19. The van der Waals surface area contributed by atoms with Crippen molar-refractivity contribution in [2.24, 2.45) is 0 Å². The highest BCUT2D eigenvalue weighted by Gasteiger charge is 2.26. The van der Waals surface area contributed by atoms with Crippen molar-refractivity contribution in [1.82, 2.24) is 0 Å². The Morgan fingerprint density at radius 3 is 2.67 bits per heavy atom. The van der Waals surface area contributed by atoms with Gasteiger partial charge in [-0.1, -0.05) is 11.6 Å². The Hall–Kier alpha value is -1.89. The fraction of sp³-hybridized carbons (Fsp3) is 0.300. The van der Waals surface area contributed by atoms with Crippen LogP contribution in [0.1, 0.15) is 6.92 Å². The second-order valence-corrected chi connectivity index (χ2v) is 3.71. The minimum absolute atomic E-state index is 0.141. The van der Waals surface area contributed by atoms with E-state index in [0.29, 0.717) is 0 Å². The first kappa shape index (κ1) is 14.2. The molecule has 98 valence electrons. The summed E-state index contributed by atoms with van der Waals surface area (Å²) in [6, 6.07) is 1.79. The van der Waals surface area contributed by atoms with E-state index >= 15 is 0 Å². The number of hydrogen-bond donors (Lipinski definition) is 0. The van der Waals surface area contributed by atoms with E-state index in [9.17, 15) is 19.3 Å². The van der Waals surface area contributed by atoms with Crippen LogP contribution in [0.15, 0.2) is 12.1 Å². The molecular formula is C10H9ClFNO5. The lowest BCUT2D eigenvalue weighted by Crippen LogP contribution is -2.25. The van der Waals surface area contributed by atoms with E-state index in [1.165, 1.54) is 6.92 Å². The Labute approximate surface area is 106 Å². The molecule has 0 saturated heterocycles. The Bertz CT molecular complexity index is 493. The molecular weight excluding hydrogens is 269 g/mol. The van der Waals surface area contributed by atoms with Crippen molar-refractivity contribution < 1.29 is 23.6 Å². The molecule has 0 N–H and O–H groups in total. The predicted octanol–water partition coefficient (Wildman–Crippen LogP) is 2.33. The molecule has 0 aliphatic heterocycles. The number of nitro benzene ring substituents is 1. The molecule has 18 heavy (non-hydrogen) atoms. The highest BCUT2D eigenvalue weighted by atomic mass is 35.5. The fourth-order valence-corrected chi connectivity index (χ4v) is 1.39. The summed E-state index contributed by atoms with van der Waals surface area (Å²) >= 11 is 5.50. The van der Waals surface area contributed by atoms with E-state index in [1.54, 1.807) is 0 Å². The van der Waals surface area contributed by atoms with Crippen molar-refractivity contribution in [3.63, 3.8) is 0 Å². The van der Waals surface area contributed by atoms with E-state index in [2.05, 4.69) is 4.74 Å². The highest BCUT2D eigenvalue weighted by molar-refractivity contribution is 6.30. The van der Waals surface area contributed by atoms with E-state index < -0.39 is 34.3 Å². The van der Waals surface area contributed by atoms with Gasteiger partial charge in [-0.2, -0.15) is 0 Å². The van der Waals surface area contributed by atoms with Gasteiger partial charge in [0.05, 0.1) is 17.1 Å². The number of esters is 1. The summed E-state index contributed by atoms with van der Waals surface area (Å²) in [7, 11) is 1.12. The van der Waals surface area contributed by atoms with Crippen molar-refractivity contribution in [3.8, 4) is 5.75 Å². The van der Waals surface area contributed by atoms with Crippen molar-refractivity contribution >= 4 is 23.3 Å². The zero-order valence-corrected chi connectivity index (χ0v) is 10.2. The molecule has 0 aromatic heterocycles. The van der Waals surface area contributed by atoms with Gasteiger partial charge in [0.25, 0.3) is 0 Å². The van der Waals surface area contributed by atoms with Crippen LogP contribution in [0.4, 0.5) is 10.1 Å². The van der Waals surface area contributed by atoms with Gasteiger partial charge in [-0.25, -0.2) is 9.18 Å². The first-order valence-corrected chi connectivity index (χ1v) is 5.12. The van der Waals surface area contributed by atoms with Gasteiger partial charge in [0.15, 0.2) is 11.9 Å². The van der Waals surface area contributed by atoms with Crippen LogP contribution in [0.2, 0.25) is 5.02 Å². The molecule has 1 atom stereocenters. The monoisotopic (exact) mass is 277 g/mol. The van der Waals surface area contributed by atoms with Gasteiger partial charge in [-0.05, 0) is 13.0 Å². The second kappa shape index (κ2) is 5.63. The van der Waals surface area contributed by atoms with Crippen LogP contribution < -0.4 is 4.74 Å². The number of nitrogens with zero attached hydrogens (tertiary/aromatic N) is 1. The maximum Gasteiger partial charge on any atom is 0.346 e. The number of benzene rings is 1. The number of halogens is 2. The average molecular weight is 278 g/mol. The van der Waals surface area contributed by atoms with Crippen LogP contribution in [0.25, 0.3) is 0 Å². The lowest BCUT2D eigenvalue weighted by atomic mass is 10.2. The summed E-state index contributed by atoms with van der Waals surface area (Å²) < 4.78 is 22.8. The molecule has 0 bridgehead atoms. The molecule has 0 spiro atoms. The van der Waals surface area contributed by atoms with Crippen molar-refractivity contribution in [1.29, 1.82) is 0 Å². The molecule has 1 aromatic rings. The van der Waals surface area contributed by atoms with E-state index in [0.717, 1.165) is 19.2 Å². The highest BCUT2D eigenvalue weighted by Crippen LogP contribution is 2.34. The lowest BCUT2D eigenvalue weighted by Gasteiger charge is -2.13. The quantitative estimate of drug-likeness (QED) is 0.479. The lowest BCUT2D eigenvalue weighted by molar-refractivity contribution is -0.386. The molecule has 0 amide bonds. The SMILES string of the molecule is COC(=O)[C@@H](C)Oc1c(F)cc(Cl)cc1[N+](=O)[O-]. The van der Waals surface area contributed by atoms with Crippen LogP contribution in [0.5, 0.6) is 5.75 Å². The van der Waals surface area contributed by atoms with Gasteiger partial charge in [-0.15, -0.1) is 0 Å². The molecule has 0 unspecified atom stereocenters. The van der Waals surface area contributed by atoms with E-state index in [4.69, 9.17) is 16.3 Å². The number of ether oxygens (including phenoxy) is 2. The van der Waals surface area contributed by atoms with Gasteiger partial charge < -0.3 is 9.47 Å². The van der Waals surface area contributed by atoms with Gasteiger partial charge in [0.1, 0.15) is 0 Å². The molecule has 0 heterocycles. The summed E-state index contributed by atoms with van der Waals surface area (Å²) in [5, 5.41) is 10.6. The minimum Gasteiger partial charge on any atom is -0.470 e. The first-order chi connectivity index (χ1) is 8.36. The third-order valence-corrected chi connectivity index (χ3v) is 2.23. The largest absolute Gasteiger partial charge is 0.470 e. The number of hydrogen-bond acceptors (Lipinski definition) is 5. The summed E-state index contributed by atoms with van der Waals surface area (Å²) in [5.41, 5.74) is -0.657. The van der Waals surface area contributed by atoms with Crippen LogP contribution in [-0.4, -0.2) is 24.1 Å². The molecule has 0 radical (unpaired) electrons. The predicted molar refractivity (Wildman–Crippen MR) is 60.2 cm³/mol. The van der Waals surface area contributed by atoms with Crippen LogP contribution in [-0.2, 0) is 9.53 Å². The Kier molecular flexibility index (Phi) is 4.43. The van der Waals surface area contributed by atoms with Crippen LogP contribution >= 0.6 is 11.6 Å². The summed E-state index contributed by atoms with van der Waals surface area (Å²) in [5.74, 6) is -2.45. The molecule has 6 nitrogen and oxygen atoms in total. The van der Waals surface area contributed by atoms with Gasteiger partial charge in [0.2, 0.25) is 5.75 Å². The number of carbonyl (C=O) groups is 1. The molecule has 0 saturated carbocycles. The molecule has 0 aliphatic carbocycles. The van der Waals surface area contributed by atoms with Gasteiger partial charge >= 0.3 is 11.7 Å². The van der Waals surface area contributed by atoms with Gasteiger partial charge in [-0.3, -0.25) is 10.1 Å². The topological polar surface area (TPSA) is 78.7 Å². The molecule has 1 rings (SSSR count). The molecule has 0 aliphatic rings. The summed E-state index contributed by atoms with van der Waals surface area (Å²) in [6.07, 6.45) is -1.18. The summed E-state index contributed by atoms with van der Waals surface area (Å²) in [4.78, 5) is 21.0. The molecule has 8 heteroatoms. The van der Waals surface area contributed by atoms with Crippen LogP contribution in [0, 0.1) is 15.9 Å². The van der Waals surface area contributed by atoms with Crippen molar-refractivity contribution in [3.05, 3.63) is 33.1 Å². The number of carbonyl (C=O) groups excluding carboxylic acids is 1. The Morgan fingerprint density at radius 1 is 1.56 bits per heavy atom. The molecule has 0 fully saturated rings. The first-order valence-electron chi connectivity index (χ1n) is 4.74.